The van der Waals surface area contributed by atoms with Gasteiger partial charge >= 0.3 is 0 Å². The molecule has 4 heteroatoms. The number of anilines is 1. The number of halogens is 1. The first-order valence-electron chi connectivity index (χ1n) is 6.41. The molecule has 1 N–H and O–H groups in total. The molecule has 1 fully saturated rings. The second-order valence-electron chi connectivity index (χ2n) is 4.85. The zero-order valence-electron chi connectivity index (χ0n) is 11.2. The van der Waals surface area contributed by atoms with Gasteiger partial charge in [-0.25, -0.2) is 0 Å². The average molecular weight is 269 g/mol. The van der Waals surface area contributed by atoms with Gasteiger partial charge in [0, 0.05) is 30.9 Å². The molecule has 0 aliphatic carbocycles. The molecule has 2 rings (SSSR count). The van der Waals surface area contributed by atoms with Crippen LogP contribution in [-0.2, 0) is 11.3 Å². The SMILES string of the molecule is CNCc1ccc(N(C)C2CCOC2C)cc1Cl. The summed E-state index contributed by atoms with van der Waals surface area (Å²) in [5.74, 6) is 0. The molecule has 1 aromatic rings. The maximum absolute atomic E-state index is 6.30. The Labute approximate surface area is 114 Å². The lowest BCUT2D eigenvalue weighted by Crippen LogP contribution is -2.36. The molecule has 1 heterocycles. The number of nitrogens with one attached hydrogen (secondary N) is 1. The molecule has 0 amide bonds. The van der Waals surface area contributed by atoms with Gasteiger partial charge in [-0.15, -0.1) is 0 Å². The van der Waals surface area contributed by atoms with Crippen LogP contribution in [0.1, 0.15) is 18.9 Å². The highest BCUT2D eigenvalue weighted by molar-refractivity contribution is 6.31. The molecule has 1 saturated heterocycles. The lowest BCUT2D eigenvalue weighted by molar-refractivity contribution is 0.118. The molecule has 100 valence electrons. The molecule has 1 aromatic carbocycles. The average Bonchev–Trinajstić information content (AvgIpc) is 2.77. The van der Waals surface area contributed by atoms with Crippen molar-refractivity contribution in [2.24, 2.45) is 0 Å². The van der Waals surface area contributed by atoms with Crippen LogP contribution < -0.4 is 10.2 Å². The van der Waals surface area contributed by atoms with Gasteiger partial charge in [0.2, 0.25) is 0 Å². The van der Waals surface area contributed by atoms with Gasteiger partial charge in [-0.05, 0) is 38.1 Å². The Bertz CT molecular complexity index is 411. The van der Waals surface area contributed by atoms with E-state index >= 15 is 0 Å². The normalized spacial score (nSPS) is 23.3. The first kappa shape index (κ1) is 13.7. The third-order valence-electron chi connectivity index (χ3n) is 3.64. The maximum Gasteiger partial charge on any atom is 0.0750 e. The summed E-state index contributed by atoms with van der Waals surface area (Å²) in [6, 6.07) is 6.70. The van der Waals surface area contributed by atoms with Crippen molar-refractivity contribution in [2.75, 3.05) is 25.6 Å². The van der Waals surface area contributed by atoms with E-state index in [0.29, 0.717) is 6.04 Å². The van der Waals surface area contributed by atoms with E-state index in [2.05, 4.69) is 36.3 Å². The molecule has 1 aliphatic rings. The molecule has 0 radical (unpaired) electrons. The molecule has 1 aliphatic heterocycles. The van der Waals surface area contributed by atoms with Gasteiger partial charge in [-0.3, -0.25) is 0 Å². The second kappa shape index (κ2) is 5.91. The first-order valence-corrected chi connectivity index (χ1v) is 6.78. The highest BCUT2D eigenvalue weighted by Gasteiger charge is 2.28. The highest BCUT2D eigenvalue weighted by Crippen LogP contribution is 2.28. The van der Waals surface area contributed by atoms with Crippen LogP contribution in [0.25, 0.3) is 0 Å². The Kier molecular flexibility index (Phi) is 4.49. The van der Waals surface area contributed by atoms with Crippen molar-refractivity contribution in [1.29, 1.82) is 0 Å². The fourth-order valence-electron chi connectivity index (χ4n) is 2.51. The Morgan fingerprint density at radius 2 is 2.28 bits per heavy atom. The van der Waals surface area contributed by atoms with Crippen molar-refractivity contribution in [3.8, 4) is 0 Å². The number of nitrogens with zero attached hydrogens (tertiary/aromatic N) is 1. The molecule has 0 saturated carbocycles. The molecule has 0 bridgehead atoms. The predicted octanol–water partition coefficient (Wildman–Crippen LogP) is 2.67. The number of benzene rings is 1. The minimum atomic E-state index is 0.283. The third-order valence-corrected chi connectivity index (χ3v) is 4.00. The number of likely N-dealkylation sites (N-methyl/N-ethyl adjacent to an activating group) is 1. The fourth-order valence-corrected chi connectivity index (χ4v) is 2.75. The number of hydrogen-bond acceptors (Lipinski definition) is 3. The molecular weight excluding hydrogens is 248 g/mol. The van der Waals surface area contributed by atoms with Crippen LogP contribution in [0.15, 0.2) is 18.2 Å². The number of hydrogen-bond donors (Lipinski definition) is 1. The largest absolute Gasteiger partial charge is 0.376 e. The van der Waals surface area contributed by atoms with Crippen molar-refractivity contribution in [1.82, 2.24) is 5.32 Å². The smallest absolute Gasteiger partial charge is 0.0750 e. The zero-order valence-corrected chi connectivity index (χ0v) is 12.0. The van der Waals surface area contributed by atoms with Crippen molar-refractivity contribution < 1.29 is 4.74 Å². The van der Waals surface area contributed by atoms with E-state index in [0.717, 1.165) is 35.8 Å². The maximum atomic E-state index is 6.30. The van der Waals surface area contributed by atoms with Gasteiger partial charge in [0.15, 0.2) is 0 Å². The van der Waals surface area contributed by atoms with Crippen LogP contribution in [0.2, 0.25) is 5.02 Å². The summed E-state index contributed by atoms with van der Waals surface area (Å²) in [5.41, 5.74) is 2.29. The summed E-state index contributed by atoms with van der Waals surface area (Å²) in [5, 5.41) is 3.94. The van der Waals surface area contributed by atoms with Crippen LogP contribution in [0.4, 0.5) is 5.69 Å². The molecule has 2 atom stereocenters. The molecule has 3 nitrogen and oxygen atoms in total. The molecule has 18 heavy (non-hydrogen) atoms. The quantitative estimate of drug-likeness (QED) is 0.909. The van der Waals surface area contributed by atoms with Crippen LogP contribution in [0.5, 0.6) is 0 Å². The van der Waals surface area contributed by atoms with E-state index in [1.165, 1.54) is 0 Å². The van der Waals surface area contributed by atoms with Crippen LogP contribution in [0, 0.1) is 0 Å². The van der Waals surface area contributed by atoms with Crippen molar-refractivity contribution in [3.63, 3.8) is 0 Å². The summed E-state index contributed by atoms with van der Waals surface area (Å²) in [7, 11) is 4.03. The summed E-state index contributed by atoms with van der Waals surface area (Å²) in [6.07, 6.45) is 1.36. The number of ether oxygens (including phenoxy) is 1. The standard InChI is InChI=1S/C14H21ClN2O/c1-10-14(6-7-18-10)17(3)12-5-4-11(9-16-2)13(15)8-12/h4-5,8,10,14,16H,6-7,9H2,1-3H3. The monoisotopic (exact) mass is 268 g/mol. The van der Waals surface area contributed by atoms with Crippen molar-refractivity contribution in [2.45, 2.75) is 32.0 Å². The van der Waals surface area contributed by atoms with Gasteiger partial charge in [0.05, 0.1) is 12.1 Å². The fraction of sp³-hybridized carbons (Fsp3) is 0.571. The molecule has 0 spiro atoms. The molecular formula is C14H21ClN2O. The van der Waals surface area contributed by atoms with E-state index in [1.807, 2.05) is 13.1 Å². The van der Waals surface area contributed by atoms with Gasteiger partial charge in [-0.2, -0.15) is 0 Å². The van der Waals surface area contributed by atoms with E-state index < -0.39 is 0 Å². The molecule has 2 unspecified atom stereocenters. The Balaban J connectivity index is 2.15. The summed E-state index contributed by atoms with van der Waals surface area (Å²) < 4.78 is 5.62. The Hall–Kier alpha value is -0.770. The molecule has 0 aromatic heterocycles. The Morgan fingerprint density at radius 1 is 1.50 bits per heavy atom. The topological polar surface area (TPSA) is 24.5 Å². The Morgan fingerprint density at radius 3 is 2.83 bits per heavy atom. The number of rotatable bonds is 4. The summed E-state index contributed by atoms with van der Waals surface area (Å²) >= 11 is 6.30. The van der Waals surface area contributed by atoms with Gasteiger partial charge in [0.1, 0.15) is 0 Å². The summed E-state index contributed by atoms with van der Waals surface area (Å²) in [4.78, 5) is 2.27. The van der Waals surface area contributed by atoms with Gasteiger partial charge in [-0.1, -0.05) is 17.7 Å². The van der Waals surface area contributed by atoms with Crippen molar-refractivity contribution in [3.05, 3.63) is 28.8 Å². The van der Waals surface area contributed by atoms with Gasteiger partial charge < -0.3 is 15.0 Å². The van der Waals surface area contributed by atoms with Gasteiger partial charge in [0.25, 0.3) is 0 Å². The van der Waals surface area contributed by atoms with E-state index in [-0.39, 0.29) is 6.10 Å². The first-order chi connectivity index (χ1) is 8.63. The second-order valence-corrected chi connectivity index (χ2v) is 5.26. The van der Waals surface area contributed by atoms with E-state index in [1.54, 1.807) is 0 Å². The van der Waals surface area contributed by atoms with Crippen LogP contribution >= 0.6 is 11.6 Å². The predicted molar refractivity (Wildman–Crippen MR) is 76.4 cm³/mol. The highest BCUT2D eigenvalue weighted by atomic mass is 35.5. The van der Waals surface area contributed by atoms with Crippen molar-refractivity contribution >= 4 is 17.3 Å². The summed E-state index contributed by atoms with van der Waals surface area (Å²) in [6.45, 7) is 3.78. The lowest BCUT2D eigenvalue weighted by Gasteiger charge is -2.29. The zero-order chi connectivity index (χ0) is 13.1. The van der Waals surface area contributed by atoms with Crippen LogP contribution in [-0.4, -0.2) is 32.8 Å². The van der Waals surface area contributed by atoms with E-state index in [4.69, 9.17) is 16.3 Å². The lowest BCUT2D eigenvalue weighted by atomic mass is 10.1. The van der Waals surface area contributed by atoms with Crippen LogP contribution in [0.3, 0.4) is 0 Å². The minimum absolute atomic E-state index is 0.283. The minimum Gasteiger partial charge on any atom is -0.376 e. The van der Waals surface area contributed by atoms with E-state index in [9.17, 15) is 0 Å². The third kappa shape index (κ3) is 2.79.